The number of aromatic nitrogens is 2. The largest absolute Gasteiger partial charge is 0.485 e. The molecule has 0 saturated carbocycles. The Kier molecular flexibility index (Phi) is 3.36. The maximum absolute atomic E-state index is 14.2. The fourth-order valence-electron chi connectivity index (χ4n) is 3.99. The van der Waals surface area contributed by atoms with Crippen LogP contribution in [0.5, 0.6) is 5.75 Å². The van der Waals surface area contributed by atoms with Crippen molar-refractivity contribution in [3.05, 3.63) is 52.9 Å². The lowest BCUT2D eigenvalue weighted by molar-refractivity contribution is 0.0831. The first-order valence-electron chi connectivity index (χ1n) is 9.00. The molecule has 0 saturated heterocycles. The van der Waals surface area contributed by atoms with Gasteiger partial charge in [0, 0.05) is 23.6 Å². The molecule has 3 aliphatic rings. The van der Waals surface area contributed by atoms with E-state index in [9.17, 15) is 9.18 Å². The van der Waals surface area contributed by atoms with E-state index in [-0.39, 0.29) is 23.9 Å². The molecule has 1 aromatic carbocycles. The molecule has 2 aromatic rings. The molecular weight excluding hydrogens is 349 g/mol. The van der Waals surface area contributed by atoms with Gasteiger partial charge in [-0.2, -0.15) is 0 Å². The highest BCUT2D eigenvalue weighted by atomic mass is 19.1. The van der Waals surface area contributed by atoms with E-state index < -0.39 is 5.60 Å². The van der Waals surface area contributed by atoms with Gasteiger partial charge in [-0.05, 0) is 38.1 Å². The molecule has 7 nitrogen and oxygen atoms in total. The van der Waals surface area contributed by atoms with Crippen LogP contribution in [0.4, 0.5) is 4.39 Å². The molecule has 0 spiro atoms. The van der Waals surface area contributed by atoms with Crippen LogP contribution < -0.4 is 20.8 Å². The van der Waals surface area contributed by atoms with Gasteiger partial charge in [-0.1, -0.05) is 0 Å². The molecule has 3 aliphatic heterocycles. The number of halogens is 1. The van der Waals surface area contributed by atoms with Crippen molar-refractivity contribution in [3.8, 4) is 5.75 Å². The van der Waals surface area contributed by atoms with Crippen LogP contribution in [0.3, 0.4) is 0 Å². The second kappa shape index (κ2) is 5.56. The summed E-state index contributed by atoms with van der Waals surface area (Å²) in [6.45, 7) is 4.20. The van der Waals surface area contributed by atoms with Gasteiger partial charge in [0.15, 0.2) is 5.82 Å². The fraction of sp³-hybridized carbons (Fsp3) is 0.368. The smallest absolute Gasteiger partial charge is 0.271 e. The lowest BCUT2D eigenvalue weighted by Gasteiger charge is -2.27. The third-order valence-electron chi connectivity index (χ3n) is 5.32. The number of imidazole rings is 1. The summed E-state index contributed by atoms with van der Waals surface area (Å²) in [5, 5.41) is 6.34. The summed E-state index contributed by atoms with van der Waals surface area (Å²) in [6, 6.07) is 2.86. The van der Waals surface area contributed by atoms with Crippen molar-refractivity contribution >= 4 is 12.0 Å². The number of carbonyl (C=O) groups is 1. The minimum Gasteiger partial charge on any atom is -0.485 e. The molecule has 1 aromatic heterocycles. The Bertz CT molecular complexity index is 985. The van der Waals surface area contributed by atoms with Gasteiger partial charge in [0.1, 0.15) is 29.0 Å². The second-order valence-corrected chi connectivity index (χ2v) is 7.59. The number of fused-ring (bicyclic) bond motifs is 2. The third-order valence-corrected chi connectivity index (χ3v) is 5.32. The minimum absolute atomic E-state index is 0.170. The zero-order valence-electron chi connectivity index (χ0n) is 15.0. The van der Waals surface area contributed by atoms with Gasteiger partial charge in [-0.15, -0.1) is 0 Å². The SMILES string of the molecule is C[C@H]1NC2C=Cc3ncc(n3N2)C(=O)NC[C@@]2(C)Cc3cc(F)cc1c3O2. The highest BCUT2D eigenvalue weighted by Gasteiger charge is 2.38. The number of benzene rings is 1. The summed E-state index contributed by atoms with van der Waals surface area (Å²) in [5.74, 6) is 0.831. The molecule has 27 heavy (non-hydrogen) atoms. The van der Waals surface area contributed by atoms with E-state index in [1.165, 1.54) is 12.1 Å². The van der Waals surface area contributed by atoms with Crippen LogP contribution in [0.15, 0.2) is 24.4 Å². The van der Waals surface area contributed by atoms with E-state index in [0.717, 1.165) is 11.1 Å². The molecular formula is C19H20FN5O2. The lowest BCUT2D eigenvalue weighted by atomic mass is 9.96. The summed E-state index contributed by atoms with van der Waals surface area (Å²) >= 11 is 0. The number of ether oxygens (including phenoxy) is 1. The van der Waals surface area contributed by atoms with Crippen LogP contribution in [0, 0.1) is 5.82 Å². The van der Waals surface area contributed by atoms with Crippen LogP contribution in [-0.4, -0.2) is 33.9 Å². The highest BCUT2D eigenvalue weighted by molar-refractivity contribution is 5.93. The average Bonchev–Trinajstić information content (AvgIpc) is 3.18. The van der Waals surface area contributed by atoms with Gasteiger partial charge in [0.2, 0.25) is 0 Å². The minimum atomic E-state index is -0.632. The van der Waals surface area contributed by atoms with Crippen molar-refractivity contribution in [1.82, 2.24) is 20.3 Å². The number of carbonyl (C=O) groups excluding carboxylic acids is 1. The van der Waals surface area contributed by atoms with E-state index in [0.29, 0.717) is 30.2 Å². The molecule has 1 unspecified atom stereocenters. The van der Waals surface area contributed by atoms with Crippen molar-refractivity contribution in [3.63, 3.8) is 0 Å². The third kappa shape index (κ3) is 2.59. The molecule has 3 N–H and O–H groups in total. The van der Waals surface area contributed by atoms with E-state index >= 15 is 0 Å². The Balaban J connectivity index is 1.60. The molecule has 140 valence electrons. The Labute approximate surface area is 155 Å². The van der Waals surface area contributed by atoms with E-state index in [1.807, 2.05) is 26.0 Å². The Morgan fingerprint density at radius 1 is 1.41 bits per heavy atom. The highest BCUT2D eigenvalue weighted by Crippen LogP contribution is 2.41. The Hall–Kier alpha value is -2.87. The van der Waals surface area contributed by atoms with Crippen LogP contribution in [-0.2, 0) is 6.42 Å². The van der Waals surface area contributed by atoms with E-state index in [2.05, 4.69) is 21.0 Å². The molecule has 0 aliphatic carbocycles. The summed E-state index contributed by atoms with van der Waals surface area (Å²) in [4.78, 5) is 17.0. The van der Waals surface area contributed by atoms with Gasteiger partial charge in [0.05, 0.1) is 12.7 Å². The van der Waals surface area contributed by atoms with Gasteiger partial charge in [0.25, 0.3) is 5.91 Å². The van der Waals surface area contributed by atoms with Gasteiger partial charge in [-0.25, -0.2) is 14.1 Å². The summed E-state index contributed by atoms with van der Waals surface area (Å²) in [7, 11) is 0. The van der Waals surface area contributed by atoms with E-state index in [1.54, 1.807) is 10.9 Å². The van der Waals surface area contributed by atoms with Crippen molar-refractivity contribution in [1.29, 1.82) is 0 Å². The standard InChI is InChI=1S/C19H20FN5O2/c1-10-13-6-12(20)5-11-7-19(2,27-17(11)13)9-22-18(26)14-8-21-16-4-3-15(23-10)24-25(14)16/h3-6,8,10,15,23-24H,7,9H2,1-2H3,(H,22,26)/t10-,15?,19-/m1/s1. The van der Waals surface area contributed by atoms with Crippen molar-refractivity contribution in [2.75, 3.05) is 12.0 Å². The van der Waals surface area contributed by atoms with Crippen molar-refractivity contribution in [2.24, 2.45) is 0 Å². The Morgan fingerprint density at radius 3 is 3.11 bits per heavy atom. The first-order valence-corrected chi connectivity index (χ1v) is 9.00. The van der Waals surface area contributed by atoms with Crippen LogP contribution in [0.1, 0.15) is 47.3 Å². The number of hydrogen-bond donors (Lipinski definition) is 3. The van der Waals surface area contributed by atoms with Crippen molar-refractivity contribution < 1.29 is 13.9 Å². The molecule has 8 heteroatoms. The van der Waals surface area contributed by atoms with Crippen LogP contribution in [0.25, 0.3) is 6.08 Å². The van der Waals surface area contributed by atoms with Gasteiger partial charge < -0.3 is 15.5 Å². The van der Waals surface area contributed by atoms with Crippen LogP contribution in [0.2, 0.25) is 0 Å². The molecule has 0 radical (unpaired) electrons. The average molecular weight is 369 g/mol. The number of nitrogens with zero attached hydrogens (tertiary/aromatic N) is 2. The first kappa shape index (κ1) is 16.3. The second-order valence-electron chi connectivity index (χ2n) is 7.59. The van der Waals surface area contributed by atoms with Crippen LogP contribution >= 0.6 is 0 Å². The van der Waals surface area contributed by atoms with Gasteiger partial charge in [-0.3, -0.25) is 10.1 Å². The number of amides is 1. The maximum Gasteiger partial charge on any atom is 0.271 e. The maximum atomic E-state index is 14.2. The number of nitrogens with one attached hydrogen (secondary N) is 3. The summed E-state index contributed by atoms with van der Waals surface area (Å²) in [5.41, 5.74) is 4.63. The lowest BCUT2D eigenvalue weighted by Crippen LogP contribution is -2.46. The summed E-state index contributed by atoms with van der Waals surface area (Å²) in [6.07, 6.45) is 5.60. The van der Waals surface area contributed by atoms with E-state index in [4.69, 9.17) is 4.74 Å². The number of rotatable bonds is 0. The molecule has 4 bridgehead atoms. The molecule has 1 amide bonds. The predicted molar refractivity (Wildman–Crippen MR) is 97.4 cm³/mol. The topological polar surface area (TPSA) is 80.2 Å². The quantitative estimate of drug-likeness (QED) is 0.659. The Morgan fingerprint density at radius 2 is 2.26 bits per heavy atom. The fourth-order valence-corrected chi connectivity index (χ4v) is 3.99. The normalized spacial score (nSPS) is 28.3. The monoisotopic (exact) mass is 369 g/mol. The van der Waals surface area contributed by atoms with Crippen molar-refractivity contribution in [2.45, 2.75) is 38.1 Å². The predicted octanol–water partition coefficient (Wildman–Crippen LogP) is 1.71. The molecule has 3 atom stereocenters. The molecule has 0 fully saturated rings. The zero-order chi connectivity index (χ0) is 18.8. The van der Waals surface area contributed by atoms with Gasteiger partial charge >= 0.3 is 0 Å². The summed E-state index contributed by atoms with van der Waals surface area (Å²) < 4.78 is 22.1. The molecule has 5 rings (SSSR count). The molecule has 4 heterocycles. The first-order chi connectivity index (χ1) is 12.9. The zero-order valence-corrected chi connectivity index (χ0v) is 15.0. The number of hydrogen-bond acceptors (Lipinski definition) is 5.